The van der Waals surface area contributed by atoms with Gasteiger partial charge in [-0.05, 0) is 59.7 Å². The van der Waals surface area contributed by atoms with Gasteiger partial charge >= 0.3 is 0 Å². The molecule has 0 radical (unpaired) electrons. The van der Waals surface area contributed by atoms with Crippen molar-refractivity contribution in [2.45, 2.75) is 93.9 Å². The Morgan fingerprint density at radius 1 is 1.07 bits per heavy atom. The molecule has 4 rings (SSSR count). The summed E-state index contributed by atoms with van der Waals surface area (Å²) in [6.45, 7) is 18.6. The number of ketones is 1. The van der Waals surface area contributed by atoms with Crippen molar-refractivity contribution in [3.8, 4) is 16.9 Å². The fourth-order valence-electron chi connectivity index (χ4n) is 4.46. The molecule has 1 aromatic heterocycles. The molecular formula is C34H48F2N2O2. The first-order valence-corrected chi connectivity index (χ1v) is 14.8. The molecule has 0 amide bonds. The topological polar surface area (TPSA) is 55.0 Å². The quantitative estimate of drug-likeness (QED) is 0.296. The molecule has 0 aliphatic carbocycles. The van der Waals surface area contributed by atoms with Crippen molar-refractivity contribution in [1.82, 2.24) is 10.2 Å². The first kappa shape index (κ1) is 34.7. The summed E-state index contributed by atoms with van der Waals surface area (Å²) in [7, 11) is 0. The van der Waals surface area contributed by atoms with Crippen LogP contribution in [0.25, 0.3) is 16.7 Å². The number of Topliss-reactive ketones (excluding diaryl/α,β-unsaturated/α-hetero) is 1. The molecule has 1 N–H and O–H groups in total. The predicted molar refractivity (Wildman–Crippen MR) is 164 cm³/mol. The predicted octanol–water partition coefficient (Wildman–Crippen LogP) is 9.95. The number of H-pyrrole nitrogens is 1. The SMILES string of the molecule is C/C=C(/C(=O)C1COc2ccc(F)cc2C1)c1ccc(-c2cn[nH]c2F)cc1C(C)C.CC.CC.CCCCC. The number of allylic oxidation sites excluding steroid dienone is 2. The van der Waals surface area contributed by atoms with Crippen molar-refractivity contribution in [3.63, 3.8) is 0 Å². The highest BCUT2D eigenvalue weighted by Gasteiger charge is 2.30. The molecular weight excluding hydrogens is 506 g/mol. The van der Waals surface area contributed by atoms with Gasteiger partial charge in [0.05, 0.1) is 24.3 Å². The van der Waals surface area contributed by atoms with Crippen molar-refractivity contribution in [2.75, 3.05) is 6.61 Å². The summed E-state index contributed by atoms with van der Waals surface area (Å²) >= 11 is 0. The highest BCUT2D eigenvalue weighted by Crippen LogP contribution is 2.35. The minimum Gasteiger partial charge on any atom is -0.493 e. The maximum absolute atomic E-state index is 14.0. The minimum atomic E-state index is -0.491. The zero-order chi connectivity index (χ0) is 30.2. The number of unbranched alkanes of at least 4 members (excludes halogenated alkanes) is 2. The molecule has 220 valence electrons. The van der Waals surface area contributed by atoms with Crippen molar-refractivity contribution < 1.29 is 18.3 Å². The minimum absolute atomic E-state index is 0.0402. The fraction of sp³-hybridized carbons (Fsp3) is 0.471. The van der Waals surface area contributed by atoms with Crippen LogP contribution in [-0.4, -0.2) is 22.6 Å². The van der Waals surface area contributed by atoms with Crippen LogP contribution in [0.4, 0.5) is 8.78 Å². The van der Waals surface area contributed by atoms with E-state index in [9.17, 15) is 13.6 Å². The third kappa shape index (κ3) is 9.14. The summed E-state index contributed by atoms with van der Waals surface area (Å²) in [6.07, 6.45) is 7.76. The van der Waals surface area contributed by atoms with Crippen LogP contribution in [0.15, 0.2) is 48.7 Å². The molecule has 1 aliphatic rings. The van der Waals surface area contributed by atoms with E-state index in [-0.39, 0.29) is 24.1 Å². The number of halogens is 2. The third-order valence-corrected chi connectivity index (χ3v) is 6.43. The second-order valence-corrected chi connectivity index (χ2v) is 9.44. The molecule has 0 saturated heterocycles. The Labute approximate surface area is 240 Å². The zero-order valence-corrected chi connectivity index (χ0v) is 25.8. The second kappa shape index (κ2) is 18.1. The van der Waals surface area contributed by atoms with Crippen LogP contribution < -0.4 is 4.74 Å². The van der Waals surface area contributed by atoms with Crippen LogP contribution in [0, 0.1) is 17.7 Å². The van der Waals surface area contributed by atoms with E-state index in [4.69, 9.17) is 4.74 Å². The van der Waals surface area contributed by atoms with Gasteiger partial charge in [0, 0.05) is 5.57 Å². The van der Waals surface area contributed by atoms with Gasteiger partial charge in [-0.2, -0.15) is 9.49 Å². The van der Waals surface area contributed by atoms with Gasteiger partial charge in [-0.1, -0.05) is 98.9 Å². The summed E-state index contributed by atoms with van der Waals surface area (Å²) in [5, 5.41) is 6.07. The maximum Gasteiger partial charge on any atom is 0.216 e. The molecule has 1 atom stereocenters. The van der Waals surface area contributed by atoms with Crippen LogP contribution in [0.1, 0.15) is 104 Å². The van der Waals surface area contributed by atoms with Crippen LogP contribution in [0.5, 0.6) is 5.75 Å². The summed E-state index contributed by atoms with van der Waals surface area (Å²) in [5.41, 5.74) is 4.15. The van der Waals surface area contributed by atoms with Gasteiger partial charge in [0.2, 0.25) is 5.95 Å². The molecule has 2 aromatic carbocycles. The number of ether oxygens (including phenoxy) is 1. The zero-order valence-electron chi connectivity index (χ0n) is 25.8. The summed E-state index contributed by atoms with van der Waals surface area (Å²) in [6, 6.07) is 9.96. The van der Waals surface area contributed by atoms with E-state index in [0.717, 1.165) is 11.1 Å². The van der Waals surface area contributed by atoms with Crippen molar-refractivity contribution in [1.29, 1.82) is 0 Å². The summed E-state index contributed by atoms with van der Waals surface area (Å²) in [5.74, 6) is -0.527. The normalized spacial score (nSPS) is 13.9. The average molecular weight is 555 g/mol. The highest BCUT2D eigenvalue weighted by molar-refractivity contribution is 6.22. The second-order valence-electron chi connectivity index (χ2n) is 9.44. The first-order chi connectivity index (χ1) is 19.3. The number of aromatic nitrogens is 2. The van der Waals surface area contributed by atoms with Gasteiger partial charge in [-0.15, -0.1) is 0 Å². The highest BCUT2D eigenvalue weighted by atomic mass is 19.1. The molecule has 4 nitrogen and oxygen atoms in total. The Balaban J connectivity index is 0.000000789. The first-order valence-electron chi connectivity index (χ1n) is 14.8. The lowest BCUT2D eigenvalue weighted by atomic mass is 9.83. The molecule has 1 aliphatic heterocycles. The lowest BCUT2D eigenvalue weighted by molar-refractivity contribution is -0.118. The van der Waals surface area contributed by atoms with E-state index in [2.05, 4.69) is 24.0 Å². The molecule has 6 heteroatoms. The summed E-state index contributed by atoms with van der Waals surface area (Å²) in [4.78, 5) is 13.4. The lowest BCUT2D eigenvalue weighted by Gasteiger charge is -2.26. The van der Waals surface area contributed by atoms with Gasteiger partial charge in [-0.3, -0.25) is 9.89 Å². The molecule has 0 spiro atoms. The number of benzene rings is 2. The van der Waals surface area contributed by atoms with Crippen molar-refractivity contribution in [3.05, 3.63) is 77.1 Å². The van der Waals surface area contributed by atoms with E-state index < -0.39 is 11.9 Å². The smallest absolute Gasteiger partial charge is 0.216 e. The number of fused-ring (bicyclic) bond motifs is 1. The monoisotopic (exact) mass is 554 g/mol. The van der Waals surface area contributed by atoms with E-state index in [1.165, 1.54) is 37.6 Å². The van der Waals surface area contributed by atoms with Gasteiger partial charge in [-0.25, -0.2) is 4.39 Å². The van der Waals surface area contributed by atoms with E-state index in [1.54, 1.807) is 12.1 Å². The van der Waals surface area contributed by atoms with Crippen LogP contribution in [0.2, 0.25) is 0 Å². The van der Waals surface area contributed by atoms with Gasteiger partial charge in [0.1, 0.15) is 11.6 Å². The fourth-order valence-corrected chi connectivity index (χ4v) is 4.46. The van der Waals surface area contributed by atoms with Gasteiger partial charge in [0.25, 0.3) is 0 Å². The van der Waals surface area contributed by atoms with Crippen molar-refractivity contribution >= 4 is 11.4 Å². The van der Waals surface area contributed by atoms with Gasteiger partial charge in [0.15, 0.2) is 5.78 Å². The van der Waals surface area contributed by atoms with Gasteiger partial charge < -0.3 is 4.74 Å². The Hall–Kier alpha value is -3.28. The number of nitrogens with one attached hydrogen (secondary N) is 1. The average Bonchev–Trinajstić information content (AvgIpc) is 3.41. The molecule has 3 aromatic rings. The summed E-state index contributed by atoms with van der Waals surface area (Å²) < 4.78 is 33.4. The molecule has 40 heavy (non-hydrogen) atoms. The third-order valence-electron chi connectivity index (χ3n) is 6.43. The number of hydrogen-bond acceptors (Lipinski definition) is 3. The Kier molecular flexibility index (Phi) is 15.8. The van der Waals surface area contributed by atoms with Crippen LogP contribution in [-0.2, 0) is 11.2 Å². The van der Waals surface area contributed by atoms with Crippen molar-refractivity contribution in [2.24, 2.45) is 5.92 Å². The molecule has 0 saturated carbocycles. The number of rotatable bonds is 7. The Morgan fingerprint density at radius 2 is 1.75 bits per heavy atom. The molecule has 1 unspecified atom stereocenters. The number of aromatic amines is 1. The number of hydrogen-bond donors (Lipinski definition) is 1. The lowest BCUT2D eigenvalue weighted by Crippen LogP contribution is -2.29. The Morgan fingerprint density at radius 3 is 2.27 bits per heavy atom. The molecule has 2 heterocycles. The molecule has 0 bridgehead atoms. The number of nitrogens with zero attached hydrogens (tertiary/aromatic N) is 1. The largest absolute Gasteiger partial charge is 0.493 e. The number of carbonyl (C=O) groups is 1. The maximum atomic E-state index is 14.0. The Bertz CT molecular complexity index is 1210. The number of carbonyl (C=O) groups excluding carboxylic acids is 1. The standard InChI is InChI=1S/C25H24F2N2O2.C5H12.2C2H6/c1-4-19(24(30)17-9-16-10-18(26)6-8-23(16)31-13-17)20-7-5-15(11-21(20)14(2)3)22-12-28-29-25(22)27;1-3-5-4-2;2*1-2/h4-8,10-12,14,17H,9,13H2,1-3H3,(H,28,29);3-5H2,1-2H3;2*1-2H3/b19-4+;;;. The van der Waals surface area contributed by atoms with Crippen LogP contribution >= 0.6 is 0 Å². The van der Waals surface area contributed by atoms with E-state index >= 15 is 0 Å². The van der Waals surface area contributed by atoms with E-state index in [1.807, 2.05) is 66.7 Å². The van der Waals surface area contributed by atoms with E-state index in [0.29, 0.717) is 34.4 Å². The molecule has 0 fully saturated rings. The van der Waals surface area contributed by atoms with Crippen LogP contribution in [0.3, 0.4) is 0 Å².